The van der Waals surface area contributed by atoms with Crippen LogP contribution in [0.2, 0.25) is 10.0 Å². The summed E-state index contributed by atoms with van der Waals surface area (Å²) in [6, 6.07) is 23.1. The first-order chi connectivity index (χ1) is 13.5. The van der Waals surface area contributed by atoms with Gasteiger partial charge in [0, 0.05) is 14.9 Å². The molecule has 1 aliphatic heterocycles. The third kappa shape index (κ3) is 3.59. The minimum absolute atomic E-state index is 0.357. The van der Waals surface area contributed by atoms with Crippen molar-refractivity contribution in [3.05, 3.63) is 99.4 Å². The molecule has 0 radical (unpaired) electrons. The van der Waals surface area contributed by atoms with Gasteiger partial charge in [0.15, 0.2) is 0 Å². The molecule has 6 heteroatoms. The fraction of sp³-hybridized carbons (Fsp3) is 0. The van der Waals surface area contributed by atoms with E-state index in [1.165, 1.54) is 16.7 Å². The van der Waals surface area contributed by atoms with Crippen molar-refractivity contribution in [2.45, 2.75) is 4.90 Å². The molecule has 0 unspecified atom stereocenters. The molecular weight excluding hydrogens is 413 g/mol. The third-order valence-corrected chi connectivity index (χ3v) is 5.78. The second-order valence-electron chi connectivity index (χ2n) is 6.05. The first kappa shape index (κ1) is 18.8. The number of nitrogens with zero attached hydrogens (tertiary/aromatic N) is 1. The number of halogens is 2. The Labute approximate surface area is 176 Å². The van der Waals surface area contributed by atoms with Crippen LogP contribution in [-0.2, 0) is 9.59 Å². The maximum absolute atomic E-state index is 13.3. The quantitative estimate of drug-likeness (QED) is 0.475. The van der Waals surface area contributed by atoms with Crippen molar-refractivity contribution < 1.29 is 9.59 Å². The summed E-state index contributed by atoms with van der Waals surface area (Å²) in [5.74, 6) is -0.751. The Balaban J connectivity index is 1.83. The topological polar surface area (TPSA) is 37.4 Å². The van der Waals surface area contributed by atoms with Crippen LogP contribution < -0.4 is 4.90 Å². The van der Waals surface area contributed by atoms with Gasteiger partial charge in [-0.1, -0.05) is 71.4 Å². The molecule has 1 aliphatic rings. The summed E-state index contributed by atoms with van der Waals surface area (Å²) < 4.78 is 0. The van der Waals surface area contributed by atoms with Gasteiger partial charge in [0.2, 0.25) is 0 Å². The Morgan fingerprint density at radius 1 is 0.714 bits per heavy atom. The first-order valence-electron chi connectivity index (χ1n) is 8.42. The summed E-state index contributed by atoms with van der Waals surface area (Å²) in [7, 11) is 0. The van der Waals surface area contributed by atoms with Gasteiger partial charge in [0.05, 0.1) is 16.2 Å². The van der Waals surface area contributed by atoms with Crippen LogP contribution in [0.5, 0.6) is 0 Å². The van der Waals surface area contributed by atoms with Crippen molar-refractivity contribution >= 4 is 58.0 Å². The molecule has 0 aromatic heterocycles. The number of carbonyl (C=O) groups is 2. The molecule has 0 bridgehead atoms. The van der Waals surface area contributed by atoms with E-state index in [0.29, 0.717) is 31.8 Å². The number of hydrogen-bond acceptors (Lipinski definition) is 3. The Kier molecular flexibility index (Phi) is 5.27. The molecule has 0 atom stereocenters. The number of thioether (sulfide) groups is 1. The lowest BCUT2D eigenvalue weighted by molar-refractivity contribution is -0.119. The van der Waals surface area contributed by atoms with Gasteiger partial charge in [-0.3, -0.25) is 9.59 Å². The maximum Gasteiger partial charge on any atom is 0.272 e. The molecule has 0 saturated heterocycles. The van der Waals surface area contributed by atoms with Gasteiger partial charge < -0.3 is 0 Å². The number of hydrogen-bond donors (Lipinski definition) is 0. The van der Waals surface area contributed by atoms with Crippen LogP contribution in [0.1, 0.15) is 5.56 Å². The molecule has 3 aromatic carbocycles. The van der Waals surface area contributed by atoms with Gasteiger partial charge in [-0.2, -0.15) is 0 Å². The van der Waals surface area contributed by atoms with Crippen molar-refractivity contribution in [1.82, 2.24) is 0 Å². The highest BCUT2D eigenvalue weighted by atomic mass is 35.5. The predicted molar refractivity (Wildman–Crippen MR) is 115 cm³/mol. The summed E-state index contributed by atoms with van der Waals surface area (Å²) in [5, 5.41) is 1.01. The SMILES string of the molecule is O=C1C(Sc2ccccc2)=C(c2ccc(Cl)cc2)C(=O)N1c1cccc(Cl)c1. The molecule has 0 spiro atoms. The number of rotatable bonds is 4. The average molecular weight is 426 g/mol. The Bertz CT molecular complexity index is 1100. The summed E-state index contributed by atoms with van der Waals surface area (Å²) in [6.45, 7) is 0. The smallest absolute Gasteiger partial charge is 0.268 e. The zero-order chi connectivity index (χ0) is 19.7. The molecule has 138 valence electrons. The van der Waals surface area contributed by atoms with Crippen LogP contribution in [-0.4, -0.2) is 11.8 Å². The molecule has 0 saturated carbocycles. The highest BCUT2D eigenvalue weighted by Crippen LogP contribution is 2.41. The zero-order valence-corrected chi connectivity index (χ0v) is 16.8. The molecule has 2 amide bonds. The fourth-order valence-corrected chi connectivity index (χ4v) is 4.26. The molecule has 3 aromatic rings. The van der Waals surface area contributed by atoms with Gasteiger partial charge >= 0.3 is 0 Å². The standard InChI is InChI=1S/C22H13Cl2NO2S/c23-15-11-9-14(10-12-15)19-20(28-18-7-2-1-3-8-18)22(27)25(21(19)26)17-6-4-5-16(24)13-17/h1-13H. The average Bonchev–Trinajstić information content (AvgIpc) is 2.93. The van der Waals surface area contributed by atoms with Gasteiger partial charge in [-0.15, -0.1) is 0 Å². The molecule has 3 nitrogen and oxygen atoms in total. The summed E-state index contributed by atoms with van der Waals surface area (Å²) in [5.41, 5.74) is 1.44. The molecule has 0 aliphatic carbocycles. The number of carbonyl (C=O) groups excluding carboxylic acids is 2. The van der Waals surface area contributed by atoms with Crippen molar-refractivity contribution in [3.8, 4) is 0 Å². The predicted octanol–water partition coefficient (Wildman–Crippen LogP) is 6.07. The number of imide groups is 1. The third-order valence-electron chi connectivity index (χ3n) is 4.20. The van der Waals surface area contributed by atoms with E-state index in [-0.39, 0.29) is 11.8 Å². The normalized spacial score (nSPS) is 14.1. The number of amides is 2. The molecule has 1 heterocycles. The van der Waals surface area contributed by atoms with Crippen LogP contribution in [0.25, 0.3) is 5.57 Å². The highest BCUT2D eigenvalue weighted by Gasteiger charge is 2.40. The Morgan fingerprint density at radius 3 is 2.11 bits per heavy atom. The molecular formula is C22H13Cl2NO2S. The second kappa shape index (κ2) is 7.84. The van der Waals surface area contributed by atoms with Crippen LogP contribution in [0.4, 0.5) is 5.69 Å². The van der Waals surface area contributed by atoms with Gasteiger partial charge in [-0.25, -0.2) is 4.90 Å². The molecule has 28 heavy (non-hydrogen) atoms. The van der Waals surface area contributed by atoms with E-state index >= 15 is 0 Å². The summed E-state index contributed by atoms with van der Waals surface area (Å²) in [6.07, 6.45) is 0. The van der Waals surface area contributed by atoms with E-state index in [1.54, 1.807) is 48.5 Å². The zero-order valence-electron chi connectivity index (χ0n) is 14.4. The minimum Gasteiger partial charge on any atom is -0.268 e. The van der Waals surface area contributed by atoms with E-state index < -0.39 is 0 Å². The van der Waals surface area contributed by atoms with Crippen LogP contribution in [0.15, 0.2) is 88.7 Å². The van der Waals surface area contributed by atoms with Crippen molar-refractivity contribution in [2.24, 2.45) is 0 Å². The summed E-state index contributed by atoms with van der Waals surface area (Å²) in [4.78, 5) is 28.9. The maximum atomic E-state index is 13.3. The van der Waals surface area contributed by atoms with Gasteiger partial charge in [0.1, 0.15) is 0 Å². The minimum atomic E-state index is -0.381. The van der Waals surface area contributed by atoms with E-state index in [4.69, 9.17) is 23.2 Å². The Hall–Kier alpha value is -2.53. The summed E-state index contributed by atoms with van der Waals surface area (Å²) >= 11 is 13.3. The lowest BCUT2D eigenvalue weighted by Crippen LogP contribution is -2.31. The van der Waals surface area contributed by atoms with Crippen molar-refractivity contribution in [3.63, 3.8) is 0 Å². The molecule has 0 fully saturated rings. The fourth-order valence-electron chi connectivity index (χ4n) is 2.93. The van der Waals surface area contributed by atoms with E-state index in [0.717, 1.165) is 4.90 Å². The van der Waals surface area contributed by atoms with Crippen molar-refractivity contribution in [2.75, 3.05) is 4.90 Å². The molecule has 0 N–H and O–H groups in total. The van der Waals surface area contributed by atoms with Gasteiger partial charge in [-0.05, 0) is 48.0 Å². The van der Waals surface area contributed by atoms with Crippen LogP contribution in [0.3, 0.4) is 0 Å². The van der Waals surface area contributed by atoms with E-state index in [2.05, 4.69) is 0 Å². The van der Waals surface area contributed by atoms with Crippen LogP contribution in [0, 0.1) is 0 Å². The van der Waals surface area contributed by atoms with Gasteiger partial charge in [0.25, 0.3) is 11.8 Å². The second-order valence-corrected chi connectivity index (χ2v) is 8.01. The number of anilines is 1. The highest BCUT2D eigenvalue weighted by molar-refractivity contribution is 8.04. The van der Waals surface area contributed by atoms with Crippen molar-refractivity contribution in [1.29, 1.82) is 0 Å². The Morgan fingerprint density at radius 2 is 1.43 bits per heavy atom. The molecule has 4 rings (SSSR count). The lowest BCUT2D eigenvalue weighted by Gasteiger charge is -2.15. The van der Waals surface area contributed by atoms with E-state index in [1.807, 2.05) is 30.3 Å². The number of benzene rings is 3. The monoisotopic (exact) mass is 425 g/mol. The van der Waals surface area contributed by atoms with Crippen LogP contribution >= 0.6 is 35.0 Å². The van der Waals surface area contributed by atoms with E-state index in [9.17, 15) is 9.59 Å². The lowest BCUT2D eigenvalue weighted by atomic mass is 10.1. The largest absolute Gasteiger partial charge is 0.272 e. The first-order valence-corrected chi connectivity index (χ1v) is 9.99.